The van der Waals surface area contributed by atoms with Gasteiger partial charge in [-0.3, -0.25) is 14.7 Å². The molecule has 43 heavy (non-hydrogen) atoms. The molecule has 0 saturated carbocycles. The fourth-order valence-corrected chi connectivity index (χ4v) is 6.14. The molecular weight excluding hydrogens is 574 g/mol. The van der Waals surface area contributed by atoms with Crippen LogP contribution in [-0.2, 0) is 22.9 Å². The molecule has 0 aliphatic carbocycles. The summed E-state index contributed by atoms with van der Waals surface area (Å²) < 4.78 is 83.2. The highest BCUT2D eigenvalue weighted by Gasteiger charge is 2.50. The number of dihydropyridines is 1. The van der Waals surface area contributed by atoms with Crippen molar-refractivity contribution in [3.05, 3.63) is 89.0 Å². The Labute approximate surface area is 243 Å². The molecule has 1 N–H and O–H groups in total. The van der Waals surface area contributed by atoms with Gasteiger partial charge in [-0.1, -0.05) is 6.08 Å². The lowest BCUT2D eigenvalue weighted by atomic mass is 9.84. The summed E-state index contributed by atoms with van der Waals surface area (Å²) in [7, 11) is 0. The van der Waals surface area contributed by atoms with E-state index < -0.39 is 40.1 Å². The maximum absolute atomic E-state index is 14.6. The number of rotatable bonds is 5. The molecule has 0 radical (unpaired) electrons. The van der Waals surface area contributed by atoms with Crippen LogP contribution in [0.5, 0.6) is 0 Å². The molecule has 2 aromatic carbocycles. The average molecular weight is 603 g/mol. The molecule has 3 aliphatic heterocycles. The summed E-state index contributed by atoms with van der Waals surface area (Å²) in [4.78, 5) is 21.2. The second-order valence-corrected chi connectivity index (χ2v) is 11.4. The zero-order valence-electron chi connectivity index (χ0n) is 23.1. The number of halogens is 6. The Balaban J connectivity index is 1.26. The molecule has 0 bridgehead atoms. The lowest BCUT2D eigenvalue weighted by Crippen LogP contribution is -2.56. The molecule has 4 heterocycles. The number of piperidine rings is 1. The summed E-state index contributed by atoms with van der Waals surface area (Å²) in [6.07, 6.45) is 1.38. The number of aromatic nitrogens is 2. The first-order valence-corrected chi connectivity index (χ1v) is 13.8. The number of nitrogens with one attached hydrogen (secondary N) is 1. The van der Waals surface area contributed by atoms with Crippen LogP contribution in [0.3, 0.4) is 0 Å². The number of alkyl halides is 3. The minimum absolute atomic E-state index is 0.151. The van der Waals surface area contributed by atoms with Gasteiger partial charge in [0.2, 0.25) is 5.91 Å². The summed E-state index contributed by atoms with van der Waals surface area (Å²) >= 11 is 0. The van der Waals surface area contributed by atoms with Crippen molar-refractivity contribution < 1.29 is 31.1 Å². The summed E-state index contributed by atoms with van der Waals surface area (Å²) in [6.45, 7) is 3.83. The number of hydrogen-bond acceptors (Lipinski definition) is 5. The number of allylic oxidation sites excluding steroid dienone is 1. The van der Waals surface area contributed by atoms with E-state index in [4.69, 9.17) is 0 Å². The van der Waals surface area contributed by atoms with Crippen LogP contribution in [0, 0.1) is 17.5 Å². The van der Waals surface area contributed by atoms with Gasteiger partial charge in [-0.2, -0.15) is 18.3 Å². The first-order valence-electron chi connectivity index (χ1n) is 13.8. The SMILES string of the molecule is CC1(c2cc(CN3CCC4(CC3)C(=O)NCN4c3ccc(F)c(F)c3)nn2-c2ccc(C(F)(F)F)c(F)c2)C=CC=NC1. The van der Waals surface area contributed by atoms with E-state index in [2.05, 4.69) is 20.3 Å². The smallest absolute Gasteiger partial charge is 0.339 e. The van der Waals surface area contributed by atoms with Crippen molar-refractivity contribution in [2.45, 2.75) is 43.4 Å². The Morgan fingerprint density at radius 2 is 1.67 bits per heavy atom. The maximum Gasteiger partial charge on any atom is 0.419 e. The predicted molar refractivity (Wildman–Crippen MR) is 147 cm³/mol. The van der Waals surface area contributed by atoms with E-state index in [0.29, 0.717) is 62.2 Å². The van der Waals surface area contributed by atoms with Crippen molar-refractivity contribution in [1.29, 1.82) is 0 Å². The molecule has 2 fully saturated rings. The Morgan fingerprint density at radius 3 is 2.33 bits per heavy atom. The first kappa shape index (κ1) is 29.0. The lowest BCUT2D eigenvalue weighted by molar-refractivity contribution is -0.140. The van der Waals surface area contributed by atoms with Crippen LogP contribution >= 0.6 is 0 Å². The molecule has 6 rings (SSSR count). The number of nitrogens with zero attached hydrogens (tertiary/aromatic N) is 5. The van der Waals surface area contributed by atoms with Gasteiger partial charge in [0.1, 0.15) is 11.4 Å². The Kier molecular flexibility index (Phi) is 7.10. The van der Waals surface area contributed by atoms with Gasteiger partial charge in [0.25, 0.3) is 0 Å². The summed E-state index contributed by atoms with van der Waals surface area (Å²) in [6, 6.07) is 8.17. The van der Waals surface area contributed by atoms with Gasteiger partial charge in [0.15, 0.2) is 11.6 Å². The van der Waals surface area contributed by atoms with E-state index >= 15 is 0 Å². The van der Waals surface area contributed by atoms with Crippen LogP contribution in [0.1, 0.15) is 36.7 Å². The summed E-state index contributed by atoms with van der Waals surface area (Å²) in [5.41, 5.74) is -1.09. The average Bonchev–Trinajstić information content (AvgIpc) is 3.53. The van der Waals surface area contributed by atoms with E-state index in [-0.39, 0.29) is 18.3 Å². The van der Waals surface area contributed by atoms with Crippen molar-refractivity contribution in [3.63, 3.8) is 0 Å². The highest BCUT2D eigenvalue weighted by Crippen LogP contribution is 2.38. The molecule has 13 heteroatoms. The lowest BCUT2D eigenvalue weighted by Gasteiger charge is -2.43. The van der Waals surface area contributed by atoms with E-state index in [1.807, 2.05) is 19.1 Å². The highest BCUT2D eigenvalue weighted by molar-refractivity contribution is 5.93. The zero-order chi connectivity index (χ0) is 30.6. The number of aliphatic imine (C=N–C) groups is 1. The highest BCUT2D eigenvalue weighted by atomic mass is 19.4. The van der Waals surface area contributed by atoms with Crippen LogP contribution in [0.15, 0.2) is 59.6 Å². The molecule has 1 amide bonds. The van der Waals surface area contributed by atoms with Crippen LogP contribution < -0.4 is 10.2 Å². The van der Waals surface area contributed by atoms with Gasteiger partial charge in [0, 0.05) is 49.1 Å². The number of carbonyl (C=O) groups is 1. The van der Waals surface area contributed by atoms with Crippen molar-refractivity contribution in [1.82, 2.24) is 20.0 Å². The fourth-order valence-electron chi connectivity index (χ4n) is 6.14. The number of carbonyl (C=O) groups excluding carboxylic acids is 1. The summed E-state index contributed by atoms with van der Waals surface area (Å²) in [5, 5.41) is 7.52. The molecule has 3 aliphatic rings. The molecule has 226 valence electrons. The van der Waals surface area contributed by atoms with E-state index in [9.17, 15) is 31.1 Å². The van der Waals surface area contributed by atoms with Crippen LogP contribution in [0.4, 0.5) is 32.0 Å². The number of amides is 1. The molecule has 3 aromatic rings. The van der Waals surface area contributed by atoms with Gasteiger partial charge < -0.3 is 10.2 Å². The minimum Gasteiger partial charge on any atom is -0.339 e. The second-order valence-electron chi connectivity index (χ2n) is 11.4. The van der Waals surface area contributed by atoms with Crippen molar-refractivity contribution in [2.75, 3.05) is 31.2 Å². The van der Waals surface area contributed by atoms with Crippen LogP contribution in [-0.4, -0.2) is 58.6 Å². The Hall–Kier alpha value is -4.13. The van der Waals surface area contributed by atoms with Gasteiger partial charge in [-0.05, 0) is 56.2 Å². The standard InChI is InChI=1S/C30H28F6N6O/c1-28(7-2-10-37-17-28)26-13-19(39-42(26)21-3-5-22(24(32)15-21)30(34,35)36)16-40-11-8-29(9-12-40)27(43)38-18-41(29)20-4-6-23(31)25(33)14-20/h2-7,10,13-15H,8-9,11-12,16-18H2,1H3,(H,38,43). The largest absolute Gasteiger partial charge is 0.419 e. The number of hydrogen-bond donors (Lipinski definition) is 1. The molecule has 7 nitrogen and oxygen atoms in total. The van der Waals surface area contributed by atoms with Crippen LogP contribution in [0.2, 0.25) is 0 Å². The van der Waals surface area contributed by atoms with Gasteiger partial charge in [-0.25, -0.2) is 17.9 Å². The molecular formula is C30H28F6N6O. The molecule has 1 aromatic heterocycles. The minimum atomic E-state index is -4.82. The van der Waals surface area contributed by atoms with Crippen molar-refractivity contribution >= 4 is 17.8 Å². The monoisotopic (exact) mass is 602 g/mol. The number of benzene rings is 2. The number of likely N-dealkylation sites (tertiary alicyclic amines) is 1. The Bertz CT molecular complexity index is 1620. The Morgan fingerprint density at radius 1 is 0.953 bits per heavy atom. The molecule has 1 atom stereocenters. The second kappa shape index (κ2) is 10.5. The fraction of sp³-hybridized carbons (Fsp3) is 0.367. The zero-order valence-corrected chi connectivity index (χ0v) is 23.1. The van der Waals surface area contributed by atoms with E-state index in [1.54, 1.807) is 17.2 Å². The molecule has 2 saturated heterocycles. The third-order valence-corrected chi connectivity index (χ3v) is 8.54. The number of anilines is 1. The molecule has 1 unspecified atom stereocenters. The summed E-state index contributed by atoms with van der Waals surface area (Å²) in [5.74, 6) is -3.52. The van der Waals surface area contributed by atoms with Gasteiger partial charge in [-0.15, -0.1) is 0 Å². The van der Waals surface area contributed by atoms with Gasteiger partial charge in [0.05, 0.1) is 35.9 Å². The van der Waals surface area contributed by atoms with Gasteiger partial charge >= 0.3 is 6.18 Å². The predicted octanol–water partition coefficient (Wildman–Crippen LogP) is 5.14. The normalized spacial score (nSPS) is 22.0. The maximum atomic E-state index is 14.6. The topological polar surface area (TPSA) is 65.8 Å². The van der Waals surface area contributed by atoms with Crippen molar-refractivity contribution in [2.24, 2.45) is 4.99 Å². The third kappa shape index (κ3) is 5.19. The van der Waals surface area contributed by atoms with Crippen molar-refractivity contribution in [3.8, 4) is 5.69 Å². The third-order valence-electron chi connectivity index (χ3n) is 8.54. The quantitative estimate of drug-likeness (QED) is 0.412. The first-order chi connectivity index (χ1) is 20.4. The van der Waals surface area contributed by atoms with Crippen LogP contribution in [0.25, 0.3) is 5.69 Å². The van der Waals surface area contributed by atoms with E-state index in [1.165, 1.54) is 16.8 Å². The molecule has 1 spiro atoms. The van der Waals surface area contributed by atoms with E-state index in [0.717, 1.165) is 18.2 Å².